The number of piperidine rings is 1. The Morgan fingerprint density at radius 3 is 3.04 bits per heavy atom. The second-order valence-corrected chi connectivity index (χ2v) is 8.15. The third-order valence-corrected chi connectivity index (χ3v) is 6.40. The van der Waals surface area contributed by atoms with Crippen LogP contribution in [-0.2, 0) is 16.1 Å². The molecular formula is C17H25N3O2S. The van der Waals surface area contributed by atoms with Crippen LogP contribution in [0.1, 0.15) is 29.8 Å². The molecule has 2 saturated heterocycles. The zero-order valence-corrected chi connectivity index (χ0v) is 14.5. The molecule has 1 aromatic rings. The van der Waals surface area contributed by atoms with E-state index in [0.717, 1.165) is 50.8 Å². The van der Waals surface area contributed by atoms with E-state index in [1.807, 2.05) is 5.51 Å². The van der Waals surface area contributed by atoms with E-state index in [1.165, 1.54) is 17.7 Å². The average Bonchev–Trinajstić information content (AvgIpc) is 3.11. The van der Waals surface area contributed by atoms with Gasteiger partial charge >= 0.3 is 0 Å². The fraction of sp³-hybridized carbons (Fsp3) is 0.765. The van der Waals surface area contributed by atoms with Crippen LogP contribution in [-0.4, -0.2) is 48.1 Å². The fourth-order valence-corrected chi connectivity index (χ4v) is 4.66. The molecule has 0 spiro atoms. The summed E-state index contributed by atoms with van der Waals surface area (Å²) in [5, 5.41) is 3.19. The number of thiazole rings is 1. The molecule has 1 aliphatic carbocycles. The molecule has 126 valence electrons. The van der Waals surface area contributed by atoms with Crippen molar-refractivity contribution in [1.82, 2.24) is 15.2 Å². The Labute approximate surface area is 141 Å². The summed E-state index contributed by atoms with van der Waals surface area (Å²) in [5.74, 6) is 1.44. The predicted octanol–water partition coefficient (Wildman–Crippen LogP) is 1.81. The van der Waals surface area contributed by atoms with Crippen LogP contribution in [0.5, 0.6) is 0 Å². The van der Waals surface area contributed by atoms with Gasteiger partial charge in [-0.15, -0.1) is 11.3 Å². The fourth-order valence-electron chi connectivity index (χ4n) is 3.84. The van der Waals surface area contributed by atoms with Crippen molar-refractivity contribution in [2.24, 2.45) is 17.8 Å². The zero-order chi connectivity index (χ0) is 15.8. The zero-order valence-electron chi connectivity index (χ0n) is 13.7. The summed E-state index contributed by atoms with van der Waals surface area (Å²) in [6.07, 6.45) is 3.79. The van der Waals surface area contributed by atoms with E-state index in [2.05, 4.69) is 22.1 Å². The number of carbonyl (C=O) groups excluding carboxylic acids is 1. The highest BCUT2D eigenvalue weighted by atomic mass is 32.1. The number of ether oxygens (including phenoxy) is 1. The molecule has 1 amide bonds. The number of nitrogens with zero attached hydrogens (tertiary/aromatic N) is 2. The van der Waals surface area contributed by atoms with E-state index in [0.29, 0.717) is 5.92 Å². The van der Waals surface area contributed by atoms with Gasteiger partial charge in [0.1, 0.15) is 0 Å². The van der Waals surface area contributed by atoms with Gasteiger partial charge in [-0.25, -0.2) is 4.98 Å². The minimum atomic E-state index is 0.0724. The first-order chi connectivity index (χ1) is 11.2. The maximum absolute atomic E-state index is 12.7. The largest absolute Gasteiger partial charge is 0.377 e. The Kier molecular flexibility index (Phi) is 4.39. The summed E-state index contributed by atoms with van der Waals surface area (Å²) in [5.41, 5.74) is 3.02. The summed E-state index contributed by atoms with van der Waals surface area (Å²) in [7, 11) is 0. The highest BCUT2D eigenvalue weighted by Gasteiger charge is 2.44. The number of likely N-dealkylation sites (tertiary alicyclic amines) is 1. The number of amides is 1. The van der Waals surface area contributed by atoms with Crippen molar-refractivity contribution in [1.29, 1.82) is 0 Å². The van der Waals surface area contributed by atoms with Crippen molar-refractivity contribution in [2.45, 2.75) is 38.8 Å². The molecule has 3 aliphatic rings. The van der Waals surface area contributed by atoms with E-state index >= 15 is 0 Å². The van der Waals surface area contributed by atoms with Gasteiger partial charge in [0.25, 0.3) is 0 Å². The van der Waals surface area contributed by atoms with Crippen molar-refractivity contribution in [2.75, 3.05) is 26.2 Å². The summed E-state index contributed by atoms with van der Waals surface area (Å²) >= 11 is 1.71. The van der Waals surface area contributed by atoms with Crippen LogP contribution in [0.3, 0.4) is 0 Å². The molecule has 0 unspecified atom stereocenters. The number of fused-ring (bicyclic) bond motifs is 1. The van der Waals surface area contributed by atoms with Gasteiger partial charge in [-0.3, -0.25) is 9.69 Å². The van der Waals surface area contributed by atoms with Crippen molar-refractivity contribution >= 4 is 17.2 Å². The van der Waals surface area contributed by atoms with Gasteiger partial charge in [-0.05, 0) is 32.1 Å². The van der Waals surface area contributed by atoms with E-state index in [1.54, 1.807) is 11.3 Å². The molecule has 5 nitrogen and oxygen atoms in total. The first kappa shape index (κ1) is 15.5. The molecule has 6 heteroatoms. The molecule has 0 radical (unpaired) electrons. The van der Waals surface area contributed by atoms with Gasteiger partial charge in [0.15, 0.2) is 0 Å². The van der Waals surface area contributed by atoms with Gasteiger partial charge in [0.2, 0.25) is 5.91 Å². The number of aryl methyl sites for hydroxylation is 1. The second-order valence-electron chi connectivity index (χ2n) is 7.21. The van der Waals surface area contributed by atoms with Crippen molar-refractivity contribution in [3.05, 3.63) is 16.1 Å². The molecule has 3 heterocycles. The summed E-state index contributed by atoms with van der Waals surface area (Å²) in [6.45, 7) is 6.39. The normalized spacial score (nSPS) is 31.1. The molecule has 2 aliphatic heterocycles. The second kappa shape index (κ2) is 6.49. The third kappa shape index (κ3) is 3.44. The SMILES string of the molecule is Cc1ncsc1CN1C[C@H](C(=O)NCC2CC2)[C@@H]2CCO[C@@H]2C1. The first-order valence-electron chi connectivity index (χ1n) is 8.71. The van der Waals surface area contributed by atoms with Gasteiger partial charge in [-0.1, -0.05) is 0 Å². The Hall–Kier alpha value is -0.980. The van der Waals surface area contributed by atoms with Crippen molar-refractivity contribution < 1.29 is 9.53 Å². The molecule has 3 atom stereocenters. The van der Waals surface area contributed by atoms with Crippen LogP contribution in [0.25, 0.3) is 0 Å². The molecule has 0 aromatic carbocycles. The lowest BCUT2D eigenvalue weighted by molar-refractivity contribution is -0.131. The average molecular weight is 335 g/mol. The quantitative estimate of drug-likeness (QED) is 0.892. The molecule has 1 saturated carbocycles. The highest BCUT2D eigenvalue weighted by molar-refractivity contribution is 7.09. The van der Waals surface area contributed by atoms with Crippen LogP contribution in [0.4, 0.5) is 0 Å². The molecule has 3 fully saturated rings. The molecule has 23 heavy (non-hydrogen) atoms. The van der Waals surface area contributed by atoms with Crippen LogP contribution in [0.2, 0.25) is 0 Å². The molecule has 1 N–H and O–H groups in total. The molecule has 0 bridgehead atoms. The predicted molar refractivity (Wildman–Crippen MR) is 89.2 cm³/mol. The Balaban J connectivity index is 1.43. The molecular weight excluding hydrogens is 310 g/mol. The number of hydrogen-bond acceptors (Lipinski definition) is 5. The number of aromatic nitrogens is 1. The van der Waals surface area contributed by atoms with Crippen LogP contribution in [0.15, 0.2) is 5.51 Å². The maximum atomic E-state index is 12.7. The maximum Gasteiger partial charge on any atom is 0.224 e. The number of rotatable bonds is 5. The Morgan fingerprint density at radius 1 is 1.43 bits per heavy atom. The Bertz CT molecular complexity index is 572. The van der Waals surface area contributed by atoms with Crippen molar-refractivity contribution in [3.63, 3.8) is 0 Å². The van der Waals surface area contributed by atoms with Gasteiger partial charge < -0.3 is 10.1 Å². The lowest BCUT2D eigenvalue weighted by atomic mass is 9.82. The lowest BCUT2D eigenvalue weighted by Crippen LogP contribution is -2.52. The van der Waals surface area contributed by atoms with Crippen LogP contribution < -0.4 is 5.32 Å². The standard InChI is InChI=1S/C17H25N3O2S/c1-11-16(23-10-19-11)9-20-7-14(13-4-5-22-15(13)8-20)17(21)18-6-12-2-3-12/h10,12-15H,2-9H2,1H3,(H,18,21)/t13-,14-,15+/m0/s1. The Morgan fingerprint density at radius 2 is 2.30 bits per heavy atom. The van der Waals surface area contributed by atoms with Crippen LogP contribution >= 0.6 is 11.3 Å². The van der Waals surface area contributed by atoms with E-state index in [9.17, 15) is 4.79 Å². The molecule has 4 rings (SSSR count). The smallest absolute Gasteiger partial charge is 0.224 e. The minimum Gasteiger partial charge on any atom is -0.377 e. The first-order valence-corrected chi connectivity index (χ1v) is 9.59. The number of hydrogen-bond donors (Lipinski definition) is 1. The van der Waals surface area contributed by atoms with Crippen LogP contribution in [0, 0.1) is 24.7 Å². The number of nitrogens with one attached hydrogen (secondary N) is 1. The minimum absolute atomic E-state index is 0.0724. The van der Waals surface area contributed by atoms with Gasteiger partial charge in [0, 0.05) is 43.6 Å². The van der Waals surface area contributed by atoms with E-state index in [4.69, 9.17) is 4.74 Å². The van der Waals surface area contributed by atoms with E-state index in [-0.39, 0.29) is 17.9 Å². The molecule has 1 aromatic heterocycles. The third-order valence-electron chi connectivity index (χ3n) is 5.48. The van der Waals surface area contributed by atoms with Gasteiger partial charge in [0.05, 0.1) is 23.2 Å². The van der Waals surface area contributed by atoms with Crippen molar-refractivity contribution in [3.8, 4) is 0 Å². The van der Waals surface area contributed by atoms with E-state index < -0.39 is 0 Å². The summed E-state index contributed by atoms with van der Waals surface area (Å²) in [4.78, 5) is 20.7. The summed E-state index contributed by atoms with van der Waals surface area (Å²) < 4.78 is 5.92. The topological polar surface area (TPSA) is 54.5 Å². The van der Waals surface area contributed by atoms with Gasteiger partial charge in [-0.2, -0.15) is 0 Å². The monoisotopic (exact) mass is 335 g/mol. The number of carbonyl (C=O) groups is 1. The lowest BCUT2D eigenvalue weighted by Gasteiger charge is -2.39. The highest BCUT2D eigenvalue weighted by Crippen LogP contribution is 2.35. The summed E-state index contributed by atoms with van der Waals surface area (Å²) in [6, 6.07) is 0.